The summed E-state index contributed by atoms with van der Waals surface area (Å²) in [5, 5.41) is 4.39. The molecule has 6 heteroatoms. The Labute approximate surface area is 146 Å². The van der Waals surface area contributed by atoms with Gasteiger partial charge in [-0.05, 0) is 49.4 Å². The van der Waals surface area contributed by atoms with Crippen molar-refractivity contribution in [3.63, 3.8) is 0 Å². The Kier molecular flexibility index (Phi) is 3.43. The van der Waals surface area contributed by atoms with Crippen molar-refractivity contribution in [1.29, 1.82) is 0 Å². The van der Waals surface area contributed by atoms with Crippen LogP contribution in [0.25, 0.3) is 0 Å². The fraction of sp³-hybridized carbons (Fsp3) is 0.474. The van der Waals surface area contributed by atoms with Crippen LogP contribution in [0, 0.1) is 0 Å². The van der Waals surface area contributed by atoms with Crippen molar-refractivity contribution in [2.75, 3.05) is 6.79 Å². The highest BCUT2D eigenvalue weighted by Crippen LogP contribution is 2.41. The fourth-order valence-corrected chi connectivity index (χ4v) is 4.58. The van der Waals surface area contributed by atoms with Gasteiger partial charge >= 0.3 is 0 Å². The van der Waals surface area contributed by atoms with Crippen LogP contribution in [0.2, 0.25) is 0 Å². The van der Waals surface area contributed by atoms with E-state index in [0.29, 0.717) is 24.5 Å². The third kappa shape index (κ3) is 2.56. The van der Waals surface area contributed by atoms with Crippen molar-refractivity contribution < 1.29 is 14.3 Å². The van der Waals surface area contributed by atoms with E-state index in [1.165, 1.54) is 0 Å². The topological polar surface area (TPSA) is 56.6 Å². The summed E-state index contributed by atoms with van der Waals surface area (Å²) in [6.07, 6.45) is 8.52. The largest absolute Gasteiger partial charge is 0.454 e. The summed E-state index contributed by atoms with van der Waals surface area (Å²) in [6, 6.07) is 8.86. The summed E-state index contributed by atoms with van der Waals surface area (Å²) in [6.45, 7) is 0.262. The Bertz CT molecular complexity index is 775. The molecule has 25 heavy (non-hydrogen) atoms. The van der Waals surface area contributed by atoms with Crippen molar-refractivity contribution in [3.8, 4) is 11.5 Å². The molecule has 6 nitrogen and oxygen atoms in total. The molecule has 0 aliphatic carbocycles. The minimum Gasteiger partial charge on any atom is -0.454 e. The van der Waals surface area contributed by atoms with Gasteiger partial charge in [0, 0.05) is 24.5 Å². The summed E-state index contributed by atoms with van der Waals surface area (Å²) in [5.41, 5.74) is 0.989. The number of carbonyl (C=O) groups is 1. The molecule has 0 spiro atoms. The number of hydrogen-bond acceptors (Lipinski definition) is 4. The van der Waals surface area contributed by atoms with Gasteiger partial charge < -0.3 is 14.4 Å². The minimum atomic E-state index is 0.227. The molecular formula is C19H21N3O3. The van der Waals surface area contributed by atoms with Gasteiger partial charge in [0.15, 0.2) is 11.5 Å². The molecule has 0 saturated carbocycles. The van der Waals surface area contributed by atoms with E-state index in [1.807, 2.05) is 36.7 Å². The Morgan fingerprint density at radius 2 is 1.92 bits per heavy atom. The lowest BCUT2D eigenvalue weighted by atomic mass is 9.96. The molecule has 0 radical (unpaired) electrons. The highest BCUT2D eigenvalue weighted by atomic mass is 16.7. The molecule has 4 heterocycles. The van der Waals surface area contributed by atoms with Crippen LogP contribution in [0.4, 0.5) is 0 Å². The Hall–Kier alpha value is -2.50. The van der Waals surface area contributed by atoms with Gasteiger partial charge in [-0.15, -0.1) is 0 Å². The van der Waals surface area contributed by atoms with Crippen molar-refractivity contribution in [2.24, 2.45) is 0 Å². The molecule has 5 rings (SSSR count). The molecule has 2 aromatic rings. The average molecular weight is 339 g/mol. The molecule has 0 N–H and O–H groups in total. The molecular weight excluding hydrogens is 318 g/mol. The summed E-state index contributed by atoms with van der Waals surface area (Å²) >= 11 is 0. The van der Waals surface area contributed by atoms with Crippen molar-refractivity contribution in [1.82, 2.24) is 14.7 Å². The first-order valence-corrected chi connectivity index (χ1v) is 8.97. The van der Waals surface area contributed by atoms with Gasteiger partial charge in [0.2, 0.25) is 12.7 Å². The second-order valence-corrected chi connectivity index (χ2v) is 7.16. The smallest absolute Gasteiger partial charge is 0.231 e. The van der Waals surface area contributed by atoms with E-state index in [0.717, 1.165) is 42.7 Å². The number of carbonyl (C=O) groups excluding carboxylic acids is 1. The maximum absolute atomic E-state index is 13.0. The predicted octanol–water partition coefficient (Wildman–Crippen LogP) is 2.55. The van der Waals surface area contributed by atoms with Crippen molar-refractivity contribution >= 4 is 5.91 Å². The quantitative estimate of drug-likeness (QED) is 0.862. The zero-order valence-corrected chi connectivity index (χ0v) is 14.0. The van der Waals surface area contributed by atoms with E-state index in [-0.39, 0.29) is 12.7 Å². The van der Waals surface area contributed by atoms with Gasteiger partial charge in [-0.3, -0.25) is 9.48 Å². The highest BCUT2D eigenvalue weighted by Gasteiger charge is 2.43. The van der Waals surface area contributed by atoms with Crippen LogP contribution in [0.5, 0.6) is 11.5 Å². The van der Waals surface area contributed by atoms with E-state index in [1.54, 1.807) is 0 Å². The number of hydrogen-bond donors (Lipinski definition) is 0. The molecule has 130 valence electrons. The lowest BCUT2D eigenvalue weighted by Gasteiger charge is -2.39. The molecule has 2 atom stereocenters. The van der Waals surface area contributed by atoms with E-state index in [2.05, 4.69) is 14.7 Å². The van der Waals surface area contributed by atoms with Gasteiger partial charge in [0.25, 0.3) is 0 Å². The number of nitrogens with zero attached hydrogens (tertiary/aromatic N) is 3. The van der Waals surface area contributed by atoms with Crippen molar-refractivity contribution in [2.45, 2.75) is 50.2 Å². The van der Waals surface area contributed by atoms with Gasteiger partial charge in [0.1, 0.15) is 0 Å². The minimum absolute atomic E-state index is 0.227. The first kappa shape index (κ1) is 14.8. The lowest BCUT2D eigenvalue weighted by molar-refractivity contribution is -0.135. The Morgan fingerprint density at radius 3 is 2.68 bits per heavy atom. The first-order valence-electron chi connectivity index (χ1n) is 8.97. The maximum atomic E-state index is 13.0. The molecule has 1 aromatic carbocycles. The maximum Gasteiger partial charge on any atom is 0.231 e. The van der Waals surface area contributed by atoms with E-state index >= 15 is 0 Å². The van der Waals surface area contributed by atoms with Crippen LogP contribution in [0.3, 0.4) is 0 Å². The number of amides is 1. The van der Waals surface area contributed by atoms with Crippen LogP contribution in [-0.2, 0) is 11.2 Å². The van der Waals surface area contributed by atoms with E-state index in [4.69, 9.17) is 9.47 Å². The van der Waals surface area contributed by atoms with Gasteiger partial charge in [-0.2, -0.15) is 5.10 Å². The summed E-state index contributed by atoms with van der Waals surface area (Å²) in [5.74, 6) is 1.73. The Morgan fingerprint density at radius 1 is 1.12 bits per heavy atom. The Balaban J connectivity index is 1.30. The number of piperidine rings is 1. The van der Waals surface area contributed by atoms with E-state index in [9.17, 15) is 4.79 Å². The zero-order chi connectivity index (χ0) is 16.8. The average Bonchev–Trinajstić information content (AvgIpc) is 3.34. The van der Waals surface area contributed by atoms with Crippen LogP contribution in [-0.4, -0.2) is 39.5 Å². The monoisotopic (exact) mass is 339 g/mol. The predicted molar refractivity (Wildman–Crippen MR) is 90.4 cm³/mol. The standard InChI is InChI=1S/C19H21N3O3/c23-19(9-13-2-5-17-18(8-13)25-12-24-17)22-14-3-4-15(22)11-16(10-14)21-7-1-6-20-21/h1-2,5-8,14-16H,3-4,9-12H2. The van der Waals surface area contributed by atoms with Crippen LogP contribution in [0.1, 0.15) is 37.3 Å². The number of fused-ring (bicyclic) bond motifs is 3. The van der Waals surface area contributed by atoms with Crippen LogP contribution in [0.15, 0.2) is 36.7 Å². The second kappa shape index (κ2) is 5.79. The number of benzene rings is 1. The van der Waals surface area contributed by atoms with Gasteiger partial charge in [-0.25, -0.2) is 0 Å². The summed E-state index contributed by atoms with van der Waals surface area (Å²) < 4.78 is 12.8. The molecule has 3 aliphatic rings. The molecule has 1 aromatic heterocycles. The molecule has 3 aliphatic heterocycles. The molecule has 2 unspecified atom stereocenters. The van der Waals surface area contributed by atoms with Gasteiger partial charge in [-0.1, -0.05) is 6.07 Å². The van der Waals surface area contributed by atoms with E-state index < -0.39 is 0 Å². The van der Waals surface area contributed by atoms with Gasteiger partial charge in [0.05, 0.1) is 12.5 Å². The molecule has 2 saturated heterocycles. The van der Waals surface area contributed by atoms with Crippen LogP contribution >= 0.6 is 0 Å². The lowest BCUT2D eigenvalue weighted by Crippen LogP contribution is -2.47. The molecule has 1 amide bonds. The summed E-state index contributed by atoms with van der Waals surface area (Å²) in [7, 11) is 0. The van der Waals surface area contributed by atoms with Crippen LogP contribution < -0.4 is 9.47 Å². The third-order valence-corrected chi connectivity index (χ3v) is 5.69. The second-order valence-electron chi connectivity index (χ2n) is 7.16. The normalized spacial score (nSPS) is 26.9. The number of rotatable bonds is 3. The first-order chi connectivity index (χ1) is 12.3. The highest BCUT2D eigenvalue weighted by molar-refractivity contribution is 5.80. The zero-order valence-electron chi connectivity index (χ0n) is 14.0. The number of aromatic nitrogens is 2. The molecule has 2 bridgehead atoms. The van der Waals surface area contributed by atoms with Crippen molar-refractivity contribution in [3.05, 3.63) is 42.2 Å². The molecule has 2 fully saturated rings. The SMILES string of the molecule is O=C(Cc1ccc2c(c1)OCO2)N1C2CCC1CC(n1cccn1)C2. The number of ether oxygens (including phenoxy) is 2. The summed E-state index contributed by atoms with van der Waals surface area (Å²) in [4.78, 5) is 15.1. The third-order valence-electron chi connectivity index (χ3n) is 5.69. The fourth-order valence-electron chi connectivity index (χ4n) is 4.58.